The Kier molecular flexibility index (Phi) is 6.40. The quantitative estimate of drug-likeness (QED) is 0.761. The van der Waals surface area contributed by atoms with Gasteiger partial charge in [-0.15, -0.1) is 6.58 Å². The lowest BCUT2D eigenvalue weighted by atomic mass is 9.87. The monoisotopic (exact) mass is 281 g/mol. The first-order valence-corrected chi connectivity index (χ1v) is 7.00. The lowest BCUT2D eigenvalue weighted by Gasteiger charge is -2.30. The van der Waals surface area contributed by atoms with E-state index in [-0.39, 0.29) is 0 Å². The maximum Gasteiger partial charge on any atom is 0.137 e. The second-order valence-corrected chi connectivity index (χ2v) is 5.43. The third-order valence-corrected chi connectivity index (χ3v) is 3.70. The highest BCUT2D eigenvalue weighted by Gasteiger charge is 2.21. The number of nitrogens with zero attached hydrogens (tertiary/aromatic N) is 1. The molecule has 1 aliphatic carbocycles. The Morgan fingerprint density at radius 3 is 2.53 bits per heavy atom. The van der Waals surface area contributed by atoms with E-state index in [1.807, 2.05) is 6.92 Å². The first kappa shape index (κ1) is 16.1. The topological polar surface area (TPSA) is 12.5 Å². The van der Waals surface area contributed by atoms with Crippen LogP contribution in [0.15, 0.2) is 24.8 Å². The van der Waals surface area contributed by atoms with Crippen LogP contribution in [-0.4, -0.2) is 32.1 Å². The summed E-state index contributed by atoms with van der Waals surface area (Å²) in [5.74, 6) is 0.795. The third kappa shape index (κ3) is 4.26. The van der Waals surface area contributed by atoms with Crippen molar-refractivity contribution in [3.63, 3.8) is 0 Å². The van der Waals surface area contributed by atoms with Crippen LogP contribution >= 0.6 is 11.6 Å². The molecule has 3 heteroatoms. The Labute approximate surface area is 122 Å². The van der Waals surface area contributed by atoms with E-state index in [0.717, 1.165) is 23.6 Å². The molecule has 0 bridgehead atoms. The van der Waals surface area contributed by atoms with Crippen LogP contribution in [0.3, 0.4) is 0 Å². The van der Waals surface area contributed by atoms with Gasteiger partial charge in [0.05, 0.1) is 12.1 Å². The first-order valence-electron chi connectivity index (χ1n) is 6.62. The van der Waals surface area contributed by atoms with Crippen molar-refractivity contribution in [3.8, 4) is 5.75 Å². The van der Waals surface area contributed by atoms with Gasteiger partial charge in [-0.3, -0.25) is 0 Å². The van der Waals surface area contributed by atoms with Gasteiger partial charge in [-0.05, 0) is 63.5 Å². The molecule has 1 atom stereocenters. The molecule has 106 valence electrons. The highest BCUT2D eigenvalue weighted by molar-refractivity contribution is 6.32. The normalized spacial score (nSPS) is 17.3. The van der Waals surface area contributed by atoms with Crippen LogP contribution in [0.1, 0.15) is 24.5 Å². The van der Waals surface area contributed by atoms with Crippen molar-refractivity contribution in [1.29, 1.82) is 0 Å². The molecule has 0 N–H and O–H groups in total. The summed E-state index contributed by atoms with van der Waals surface area (Å²) in [4.78, 5) is 2.29. The van der Waals surface area contributed by atoms with E-state index in [4.69, 9.17) is 16.3 Å². The van der Waals surface area contributed by atoms with Crippen LogP contribution in [0.25, 0.3) is 0 Å². The van der Waals surface area contributed by atoms with Gasteiger partial charge in [-0.1, -0.05) is 17.7 Å². The molecular weight excluding hydrogens is 258 g/mol. The molecule has 19 heavy (non-hydrogen) atoms. The maximum absolute atomic E-state index is 6.15. The summed E-state index contributed by atoms with van der Waals surface area (Å²) in [6.07, 6.45) is 5.17. The van der Waals surface area contributed by atoms with Gasteiger partial charge in [0.15, 0.2) is 0 Å². The number of ether oxygens (including phenoxy) is 1. The largest absolute Gasteiger partial charge is 0.495 e. The SMILES string of the molecule is C=CC.COc1cc2c(cc1Cl)CC(N(C)C)CC2. The van der Waals surface area contributed by atoms with Crippen LogP contribution in [0, 0.1) is 0 Å². The van der Waals surface area contributed by atoms with Gasteiger partial charge < -0.3 is 9.64 Å². The van der Waals surface area contributed by atoms with Crippen molar-refractivity contribution in [2.75, 3.05) is 21.2 Å². The minimum Gasteiger partial charge on any atom is -0.495 e. The van der Waals surface area contributed by atoms with Crippen LogP contribution in [0.2, 0.25) is 5.02 Å². The van der Waals surface area contributed by atoms with Crippen LogP contribution in [0.4, 0.5) is 0 Å². The molecule has 0 aliphatic heterocycles. The van der Waals surface area contributed by atoms with Gasteiger partial charge in [0.1, 0.15) is 5.75 Å². The van der Waals surface area contributed by atoms with Crippen LogP contribution < -0.4 is 4.74 Å². The molecule has 0 amide bonds. The van der Waals surface area contributed by atoms with Gasteiger partial charge in [-0.2, -0.15) is 0 Å². The second kappa shape index (κ2) is 7.56. The number of aryl methyl sites for hydroxylation is 1. The van der Waals surface area contributed by atoms with Crippen molar-refractivity contribution >= 4 is 11.6 Å². The van der Waals surface area contributed by atoms with E-state index in [1.165, 1.54) is 17.5 Å². The smallest absolute Gasteiger partial charge is 0.137 e. The van der Waals surface area contributed by atoms with Gasteiger partial charge >= 0.3 is 0 Å². The Balaban J connectivity index is 0.000000550. The number of rotatable bonds is 2. The minimum absolute atomic E-state index is 0.636. The fraction of sp³-hybridized carbons (Fsp3) is 0.500. The standard InChI is InChI=1S/C13H18ClNO.C3H6/c1-15(2)11-5-4-9-8-13(16-3)12(14)7-10(9)6-11;1-3-2/h7-8,11H,4-6H2,1-3H3;3H,1H2,2H3. The molecule has 0 saturated carbocycles. The zero-order valence-corrected chi connectivity index (χ0v) is 13.1. The summed E-state index contributed by atoms with van der Waals surface area (Å²) in [6, 6.07) is 4.78. The summed E-state index contributed by atoms with van der Waals surface area (Å²) < 4.78 is 5.24. The number of hydrogen-bond acceptors (Lipinski definition) is 2. The molecule has 0 heterocycles. The average molecular weight is 282 g/mol. The lowest BCUT2D eigenvalue weighted by Crippen LogP contribution is -2.33. The molecule has 2 nitrogen and oxygen atoms in total. The lowest BCUT2D eigenvalue weighted by molar-refractivity contribution is 0.268. The third-order valence-electron chi connectivity index (χ3n) is 3.41. The molecule has 0 fully saturated rings. The maximum atomic E-state index is 6.15. The Morgan fingerprint density at radius 2 is 2.00 bits per heavy atom. The first-order chi connectivity index (χ1) is 9.03. The van der Waals surface area contributed by atoms with Crippen molar-refractivity contribution in [2.24, 2.45) is 0 Å². The van der Waals surface area contributed by atoms with Gasteiger partial charge in [0.25, 0.3) is 0 Å². The fourth-order valence-electron chi connectivity index (χ4n) is 2.33. The molecule has 0 radical (unpaired) electrons. The highest BCUT2D eigenvalue weighted by Crippen LogP contribution is 2.32. The van der Waals surface area contributed by atoms with Crippen LogP contribution in [-0.2, 0) is 12.8 Å². The fourth-order valence-corrected chi connectivity index (χ4v) is 2.60. The summed E-state index contributed by atoms with van der Waals surface area (Å²) in [5, 5.41) is 0.723. The zero-order chi connectivity index (χ0) is 14.4. The van der Waals surface area contributed by atoms with E-state index < -0.39 is 0 Å². The number of likely N-dealkylation sites (N-methyl/N-ethyl adjacent to an activating group) is 1. The van der Waals surface area contributed by atoms with Gasteiger partial charge in [-0.25, -0.2) is 0 Å². The Bertz CT molecular complexity index is 429. The Hall–Kier alpha value is -0.990. The predicted molar refractivity (Wildman–Crippen MR) is 83.4 cm³/mol. The predicted octanol–water partition coefficient (Wildman–Crippen LogP) is 3.96. The number of benzene rings is 1. The molecule has 0 aromatic heterocycles. The number of fused-ring (bicyclic) bond motifs is 1. The summed E-state index contributed by atoms with van der Waals surface area (Å²) in [7, 11) is 5.95. The zero-order valence-electron chi connectivity index (χ0n) is 12.4. The Morgan fingerprint density at radius 1 is 1.37 bits per heavy atom. The molecular formula is C16H24ClNO. The minimum atomic E-state index is 0.636. The second-order valence-electron chi connectivity index (χ2n) is 5.02. The van der Waals surface area contributed by atoms with E-state index in [0.29, 0.717) is 6.04 Å². The number of allylic oxidation sites excluding steroid dienone is 1. The van der Waals surface area contributed by atoms with E-state index in [9.17, 15) is 0 Å². The molecule has 1 unspecified atom stereocenters. The number of hydrogen-bond donors (Lipinski definition) is 0. The molecule has 1 aliphatic rings. The van der Waals surface area contributed by atoms with E-state index in [2.05, 4.69) is 37.7 Å². The van der Waals surface area contributed by atoms with Crippen molar-refractivity contribution in [1.82, 2.24) is 4.90 Å². The summed E-state index contributed by atoms with van der Waals surface area (Å²) in [5.41, 5.74) is 2.76. The summed E-state index contributed by atoms with van der Waals surface area (Å²) >= 11 is 6.15. The highest BCUT2D eigenvalue weighted by atomic mass is 35.5. The van der Waals surface area contributed by atoms with Crippen LogP contribution in [0.5, 0.6) is 5.75 Å². The number of halogens is 1. The summed E-state index contributed by atoms with van der Waals surface area (Å²) in [6.45, 7) is 5.25. The van der Waals surface area contributed by atoms with E-state index in [1.54, 1.807) is 13.2 Å². The van der Waals surface area contributed by atoms with Crippen molar-refractivity contribution < 1.29 is 4.74 Å². The van der Waals surface area contributed by atoms with Crippen molar-refractivity contribution in [2.45, 2.75) is 32.2 Å². The van der Waals surface area contributed by atoms with Gasteiger partial charge in [0, 0.05) is 6.04 Å². The molecule has 2 rings (SSSR count). The van der Waals surface area contributed by atoms with E-state index >= 15 is 0 Å². The molecule has 1 aromatic carbocycles. The molecule has 1 aromatic rings. The van der Waals surface area contributed by atoms with Crippen molar-refractivity contribution in [3.05, 3.63) is 40.9 Å². The molecule has 0 spiro atoms. The molecule has 0 saturated heterocycles. The van der Waals surface area contributed by atoms with Gasteiger partial charge in [0.2, 0.25) is 0 Å². The number of methoxy groups -OCH3 is 1. The average Bonchev–Trinajstić information content (AvgIpc) is 2.38.